The molecule has 1 heterocycles. The molecule has 0 bridgehead atoms. The summed E-state index contributed by atoms with van der Waals surface area (Å²) in [5.41, 5.74) is 1.50. The van der Waals surface area contributed by atoms with Crippen molar-refractivity contribution in [1.82, 2.24) is 15.0 Å². The first-order valence-electron chi connectivity index (χ1n) is 10.7. The van der Waals surface area contributed by atoms with Crippen LogP contribution in [0.2, 0.25) is 0 Å². The molecule has 0 saturated heterocycles. The minimum absolute atomic E-state index is 0.0736. The van der Waals surface area contributed by atoms with Gasteiger partial charge in [0.25, 0.3) is 14.4 Å². The second-order valence-electron chi connectivity index (χ2n) is 7.71. The van der Waals surface area contributed by atoms with Crippen LogP contribution in [0.4, 0.5) is 0 Å². The fraction of sp³-hybridized carbons (Fsp3) is 0.682. The average Bonchev–Trinajstić information content (AvgIpc) is 2.69. The maximum Gasteiger partial charge on any atom is 0.259 e. The summed E-state index contributed by atoms with van der Waals surface area (Å²) in [7, 11) is -1.15. The van der Waals surface area contributed by atoms with Gasteiger partial charge >= 0.3 is 0 Å². The van der Waals surface area contributed by atoms with Crippen LogP contribution in [0.15, 0.2) is 18.3 Å². The lowest BCUT2D eigenvalue weighted by Gasteiger charge is -2.35. The number of pyridine rings is 1. The topological polar surface area (TPSA) is 68.0 Å². The summed E-state index contributed by atoms with van der Waals surface area (Å²) in [5.74, 6) is -0.0736. The maximum absolute atomic E-state index is 12.0. The molecule has 168 valence electrons. The molecule has 7 nitrogen and oxygen atoms in total. The predicted molar refractivity (Wildman–Crippen MR) is 122 cm³/mol. The van der Waals surface area contributed by atoms with Crippen molar-refractivity contribution < 1.29 is 13.8 Å². The van der Waals surface area contributed by atoms with Gasteiger partial charge in [0.1, 0.15) is 6.61 Å². The average molecular weight is 437 g/mol. The first-order chi connectivity index (χ1) is 14.4. The Morgan fingerprint density at radius 1 is 1.13 bits per heavy atom. The summed E-state index contributed by atoms with van der Waals surface area (Å²) >= 11 is 0. The summed E-state index contributed by atoms with van der Waals surface area (Å²) in [4.78, 5) is 19.5. The van der Waals surface area contributed by atoms with E-state index in [1.165, 1.54) is 0 Å². The molecule has 1 aromatic rings. The summed E-state index contributed by atoms with van der Waals surface area (Å²) in [5, 5.41) is 2.94. The number of aryl methyl sites for hydroxylation is 1. The summed E-state index contributed by atoms with van der Waals surface area (Å²) in [6.45, 7) is 19.4. The molecule has 0 aromatic carbocycles. The van der Waals surface area contributed by atoms with Crippen molar-refractivity contribution in [2.75, 3.05) is 26.3 Å². The van der Waals surface area contributed by atoms with E-state index in [1.54, 1.807) is 12.3 Å². The van der Waals surface area contributed by atoms with Gasteiger partial charge in [0.05, 0.1) is 12.2 Å². The van der Waals surface area contributed by atoms with Crippen LogP contribution < -0.4 is 5.32 Å². The number of carbonyl (C=O) groups excluding carboxylic acids is 1. The van der Waals surface area contributed by atoms with E-state index in [0.717, 1.165) is 31.4 Å². The molecule has 1 unspecified atom stereocenters. The first kappa shape index (κ1) is 26.5. The summed E-state index contributed by atoms with van der Waals surface area (Å²) < 4.78 is 14.2. The monoisotopic (exact) mass is 436 g/mol. The Hall–Kier alpha value is -1.58. The van der Waals surface area contributed by atoms with E-state index in [4.69, 9.17) is 15.6 Å². The molecule has 30 heavy (non-hydrogen) atoms. The van der Waals surface area contributed by atoms with Gasteiger partial charge in [0.2, 0.25) is 6.54 Å². The zero-order valence-corrected chi connectivity index (χ0v) is 20.0. The Morgan fingerprint density at radius 3 is 2.40 bits per heavy atom. The number of amides is 1. The summed E-state index contributed by atoms with van der Waals surface area (Å²) in [6.07, 6.45) is 5.56. The van der Waals surface area contributed by atoms with Gasteiger partial charge in [0.15, 0.2) is 0 Å². The molecule has 0 aliphatic rings. The third-order valence-electron chi connectivity index (χ3n) is 4.38. The molecular weight excluding hydrogens is 399 g/mol. The quantitative estimate of drug-likeness (QED) is 0.239. The molecule has 1 rings (SSSR count). The van der Waals surface area contributed by atoms with E-state index in [2.05, 4.69) is 47.5 Å². The third-order valence-corrected chi connectivity index (χ3v) is 6.49. The molecule has 1 aromatic heterocycles. The van der Waals surface area contributed by atoms with Crippen LogP contribution in [0.3, 0.4) is 0 Å². The van der Waals surface area contributed by atoms with Crippen molar-refractivity contribution in [3.8, 4) is 0 Å². The molecule has 0 spiro atoms. The number of carbonyl (C=O) groups is 1. The van der Waals surface area contributed by atoms with Gasteiger partial charge in [-0.3, -0.25) is 9.78 Å². The number of hydrogen-bond acceptors (Lipinski definition) is 5. The standard InChI is InChI=1S/C22H37N4O3P/c1-18(2)26(19(3)4)30(29-16-14-23-6)28-15-10-8-7-9-13-24-22(27)21-12-11-20(5)25-17-21/h11-12,17-19H,7-10,13-16H2,1-5H3,(H,24,27). The number of unbranched alkanes of at least 4 members (excludes halogenated alkanes) is 3. The Labute approximate surface area is 183 Å². The molecule has 0 saturated carbocycles. The molecule has 1 amide bonds. The Kier molecular flexibility index (Phi) is 13.5. The lowest BCUT2D eigenvalue weighted by molar-refractivity contribution is 0.0952. The first-order valence-corrected chi connectivity index (χ1v) is 11.9. The highest BCUT2D eigenvalue weighted by molar-refractivity contribution is 7.44. The van der Waals surface area contributed by atoms with Crippen LogP contribution in [0, 0.1) is 13.5 Å². The van der Waals surface area contributed by atoms with Crippen LogP contribution in [0.25, 0.3) is 4.85 Å². The van der Waals surface area contributed by atoms with E-state index >= 15 is 0 Å². The molecule has 1 atom stereocenters. The largest absolute Gasteiger partial charge is 0.352 e. The Bertz CT molecular complexity index is 639. The SMILES string of the molecule is [C-]#[N+]CCOP(OCCCCCCNC(=O)c1ccc(C)nc1)N(C(C)C)C(C)C. The Balaban J connectivity index is 2.24. The van der Waals surface area contributed by atoms with Crippen LogP contribution in [0.5, 0.6) is 0 Å². The van der Waals surface area contributed by atoms with E-state index in [-0.39, 0.29) is 5.91 Å². The highest BCUT2D eigenvalue weighted by Crippen LogP contribution is 2.45. The number of hydrogen-bond donors (Lipinski definition) is 1. The molecule has 8 heteroatoms. The van der Waals surface area contributed by atoms with Crippen molar-refractivity contribution in [3.63, 3.8) is 0 Å². The van der Waals surface area contributed by atoms with Gasteiger partial charge in [-0.15, -0.1) is 0 Å². The highest BCUT2D eigenvalue weighted by atomic mass is 31.2. The third kappa shape index (κ3) is 10.4. The smallest absolute Gasteiger partial charge is 0.259 e. The number of nitrogens with one attached hydrogen (secondary N) is 1. The minimum Gasteiger partial charge on any atom is -0.352 e. The molecule has 0 aliphatic carbocycles. The predicted octanol–water partition coefficient (Wildman–Crippen LogP) is 4.98. The van der Waals surface area contributed by atoms with E-state index in [1.807, 2.05) is 13.0 Å². The minimum atomic E-state index is -1.15. The van der Waals surface area contributed by atoms with Gasteiger partial charge in [-0.25, -0.2) is 11.2 Å². The van der Waals surface area contributed by atoms with Crippen LogP contribution in [-0.4, -0.2) is 53.9 Å². The molecule has 0 fully saturated rings. The van der Waals surface area contributed by atoms with Gasteiger partial charge < -0.3 is 19.2 Å². The van der Waals surface area contributed by atoms with E-state index in [9.17, 15) is 4.79 Å². The van der Waals surface area contributed by atoms with Gasteiger partial charge in [-0.2, -0.15) is 0 Å². The molecule has 0 radical (unpaired) electrons. The van der Waals surface area contributed by atoms with Gasteiger partial charge in [-0.05, 0) is 59.6 Å². The highest BCUT2D eigenvalue weighted by Gasteiger charge is 2.27. The molecule has 0 aliphatic heterocycles. The van der Waals surface area contributed by atoms with Crippen LogP contribution >= 0.6 is 8.53 Å². The van der Waals surface area contributed by atoms with Crippen molar-refractivity contribution in [2.45, 2.75) is 72.4 Å². The van der Waals surface area contributed by atoms with Gasteiger partial charge in [-0.1, -0.05) is 12.8 Å². The van der Waals surface area contributed by atoms with Crippen molar-refractivity contribution in [3.05, 3.63) is 41.0 Å². The normalized spacial score (nSPS) is 12.4. The number of aromatic nitrogens is 1. The van der Waals surface area contributed by atoms with Crippen molar-refractivity contribution >= 4 is 14.4 Å². The summed E-state index contributed by atoms with van der Waals surface area (Å²) in [6, 6.07) is 4.27. The maximum atomic E-state index is 12.0. The van der Waals surface area contributed by atoms with Crippen LogP contribution in [0.1, 0.15) is 69.4 Å². The Morgan fingerprint density at radius 2 is 1.80 bits per heavy atom. The fourth-order valence-electron chi connectivity index (χ4n) is 2.94. The fourth-order valence-corrected chi connectivity index (χ4v) is 4.56. The van der Waals surface area contributed by atoms with E-state index in [0.29, 0.717) is 44.0 Å². The lowest BCUT2D eigenvalue weighted by Crippen LogP contribution is -2.33. The van der Waals surface area contributed by atoms with E-state index < -0.39 is 8.53 Å². The lowest BCUT2D eigenvalue weighted by atomic mass is 10.2. The van der Waals surface area contributed by atoms with Crippen molar-refractivity contribution in [2.24, 2.45) is 0 Å². The molecular formula is C22H37N4O3P. The zero-order chi connectivity index (χ0) is 22.4. The number of rotatable bonds is 15. The second kappa shape index (κ2) is 15.3. The van der Waals surface area contributed by atoms with Gasteiger partial charge in [0, 0.05) is 30.5 Å². The molecule has 1 N–H and O–H groups in total. The second-order valence-corrected chi connectivity index (χ2v) is 9.17. The zero-order valence-electron chi connectivity index (χ0n) is 19.1. The van der Waals surface area contributed by atoms with Crippen LogP contribution in [-0.2, 0) is 9.05 Å². The van der Waals surface area contributed by atoms with Crippen molar-refractivity contribution in [1.29, 1.82) is 0 Å². The number of nitrogens with zero attached hydrogens (tertiary/aromatic N) is 3.